The fourth-order valence-electron chi connectivity index (χ4n) is 2.60. The third-order valence-electron chi connectivity index (χ3n) is 4.00. The Morgan fingerprint density at radius 3 is 2.85 bits per heavy atom. The molecule has 1 unspecified atom stereocenters. The van der Waals surface area contributed by atoms with Crippen molar-refractivity contribution in [2.75, 3.05) is 20.3 Å². The molecule has 2 fully saturated rings. The lowest BCUT2D eigenvalue weighted by Crippen LogP contribution is -2.28. The number of rotatable bonds is 5. The largest absolute Gasteiger partial charge is 0.493 e. The predicted octanol–water partition coefficient (Wildman–Crippen LogP) is 2.32. The van der Waals surface area contributed by atoms with Gasteiger partial charge in [0.2, 0.25) is 0 Å². The average molecular weight is 278 g/mol. The second-order valence-corrected chi connectivity index (χ2v) is 5.84. The van der Waals surface area contributed by atoms with Crippen LogP contribution in [0, 0.1) is 0 Å². The molecule has 3 rings (SSSR count). The maximum Gasteiger partial charge on any atom is 0.161 e. The van der Waals surface area contributed by atoms with Gasteiger partial charge in [0.05, 0.1) is 19.3 Å². The molecular weight excluding hydrogens is 256 g/mol. The molecule has 1 aliphatic heterocycles. The van der Waals surface area contributed by atoms with E-state index in [1.807, 2.05) is 18.2 Å². The summed E-state index contributed by atoms with van der Waals surface area (Å²) in [6, 6.07) is 5.92. The summed E-state index contributed by atoms with van der Waals surface area (Å²) < 4.78 is 16.8. The van der Waals surface area contributed by atoms with Gasteiger partial charge < -0.3 is 19.3 Å². The van der Waals surface area contributed by atoms with Gasteiger partial charge >= 0.3 is 0 Å². The lowest BCUT2D eigenvalue weighted by molar-refractivity contribution is 0.00642. The normalized spacial score (nSPS) is 24.2. The third kappa shape index (κ3) is 3.25. The monoisotopic (exact) mass is 278 g/mol. The first-order valence-electron chi connectivity index (χ1n) is 7.32. The molecule has 4 heteroatoms. The minimum atomic E-state index is -0.482. The van der Waals surface area contributed by atoms with Crippen molar-refractivity contribution >= 4 is 0 Å². The summed E-state index contributed by atoms with van der Waals surface area (Å²) in [7, 11) is 1.65. The van der Waals surface area contributed by atoms with Crippen LogP contribution in [-0.2, 0) is 11.2 Å². The number of ether oxygens (including phenoxy) is 3. The van der Waals surface area contributed by atoms with Crippen LogP contribution < -0.4 is 9.47 Å². The maximum absolute atomic E-state index is 9.99. The van der Waals surface area contributed by atoms with Gasteiger partial charge in [-0.25, -0.2) is 0 Å². The molecule has 1 atom stereocenters. The van der Waals surface area contributed by atoms with Gasteiger partial charge in [-0.05, 0) is 43.4 Å². The second-order valence-electron chi connectivity index (χ2n) is 5.84. The highest BCUT2D eigenvalue weighted by Crippen LogP contribution is 2.40. The lowest BCUT2D eigenvalue weighted by Gasteiger charge is -2.24. The molecule has 1 saturated carbocycles. The Hall–Kier alpha value is -1.26. The van der Waals surface area contributed by atoms with E-state index in [9.17, 15) is 5.11 Å². The minimum absolute atomic E-state index is 0.108. The number of methoxy groups -OCH3 is 1. The first-order valence-corrected chi connectivity index (χ1v) is 7.32. The highest BCUT2D eigenvalue weighted by Gasteiger charge is 2.40. The van der Waals surface area contributed by atoms with Crippen molar-refractivity contribution in [1.29, 1.82) is 0 Å². The Kier molecular flexibility index (Phi) is 3.85. The van der Waals surface area contributed by atoms with Crippen molar-refractivity contribution < 1.29 is 19.3 Å². The summed E-state index contributed by atoms with van der Waals surface area (Å²) in [6.07, 6.45) is 4.65. The van der Waals surface area contributed by atoms with E-state index >= 15 is 0 Å². The van der Waals surface area contributed by atoms with Crippen molar-refractivity contribution in [1.82, 2.24) is 0 Å². The first kappa shape index (κ1) is 13.7. The van der Waals surface area contributed by atoms with Crippen LogP contribution in [0.4, 0.5) is 0 Å². The van der Waals surface area contributed by atoms with Crippen molar-refractivity contribution in [2.24, 2.45) is 0 Å². The summed E-state index contributed by atoms with van der Waals surface area (Å²) in [5, 5.41) is 9.99. The van der Waals surface area contributed by atoms with E-state index in [4.69, 9.17) is 14.2 Å². The van der Waals surface area contributed by atoms with Crippen LogP contribution >= 0.6 is 0 Å². The van der Waals surface area contributed by atoms with Gasteiger partial charge in [0.1, 0.15) is 6.10 Å². The van der Waals surface area contributed by atoms with Crippen molar-refractivity contribution in [2.45, 2.75) is 43.8 Å². The zero-order valence-electron chi connectivity index (χ0n) is 11.9. The van der Waals surface area contributed by atoms with Gasteiger partial charge in [-0.2, -0.15) is 0 Å². The molecule has 0 amide bonds. The molecule has 1 aliphatic carbocycles. The summed E-state index contributed by atoms with van der Waals surface area (Å²) in [6.45, 7) is 1.47. The van der Waals surface area contributed by atoms with Crippen molar-refractivity contribution in [3.63, 3.8) is 0 Å². The summed E-state index contributed by atoms with van der Waals surface area (Å²) in [4.78, 5) is 0. The van der Waals surface area contributed by atoms with Gasteiger partial charge in [0.25, 0.3) is 0 Å². The van der Waals surface area contributed by atoms with Crippen LogP contribution in [0.3, 0.4) is 0 Å². The van der Waals surface area contributed by atoms with Crippen LogP contribution in [0.15, 0.2) is 18.2 Å². The van der Waals surface area contributed by atoms with E-state index in [1.54, 1.807) is 7.11 Å². The topological polar surface area (TPSA) is 47.9 Å². The quantitative estimate of drug-likeness (QED) is 0.898. The van der Waals surface area contributed by atoms with Crippen molar-refractivity contribution in [3.8, 4) is 11.5 Å². The van der Waals surface area contributed by atoms with Crippen LogP contribution in [0.25, 0.3) is 0 Å². The molecule has 1 heterocycles. The molecule has 0 aromatic heterocycles. The maximum atomic E-state index is 9.99. The summed E-state index contributed by atoms with van der Waals surface area (Å²) in [5.41, 5.74) is 0.610. The van der Waals surface area contributed by atoms with Gasteiger partial charge in [-0.15, -0.1) is 0 Å². The molecule has 1 N–H and O–H groups in total. The van der Waals surface area contributed by atoms with E-state index in [0.717, 1.165) is 49.4 Å². The van der Waals surface area contributed by atoms with Crippen LogP contribution in [0.5, 0.6) is 11.5 Å². The molecule has 1 aromatic carbocycles. The molecule has 2 aliphatic rings. The molecular formula is C16H22O4. The van der Waals surface area contributed by atoms with E-state index < -0.39 is 5.60 Å². The SMILES string of the molecule is COc1cc(CC2(O)CC2)ccc1OC1CCCOC1. The predicted molar refractivity (Wildman–Crippen MR) is 75.4 cm³/mol. The fourth-order valence-corrected chi connectivity index (χ4v) is 2.60. The Morgan fingerprint density at radius 1 is 1.35 bits per heavy atom. The van der Waals surface area contributed by atoms with Gasteiger partial charge in [-0.3, -0.25) is 0 Å². The van der Waals surface area contributed by atoms with Crippen LogP contribution in [0.1, 0.15) is 31.2 Å². The van der Waals surface area contributed by atoms with Gasteiger partial charge in [-0.1, -0.05) is 6.07 Å². The summed E-state index contributed by atoms with van der Waals surface area (Å²) >= 11 is 0. The Balaban J connectivity index is 1.69. The van der Waals surface area contributed by atoms with E-state index in [0.29, 0.717) is 13.0 Å². The van der Waals surface area contributed by atoms with E-state index in [-0.39, 0.29) is 6.10 Å². The highest BCUT2D eigenvalue weighted by atomic mass is 16.5. The van der Waals surface area contributed by atoms with Gasteiger partial charge in [0.15, 0.2) is 11.5 Å². The zero-order chi connectivity index (χ0) is 14.0. The van der Waals surface area contributed by atoms with Crippen LogP contribution in [-0.4, -0.2) is 37.1 Å². The Bertz CT molecular complexity index is 462. The number of benzene rings is 1. The molecule has 20 heavy (non-hydrogen) atoms. The second kappa shape index (κ2) is 5.62. The molecule has 0 spiro atoms. The van der Waals surface area contributed by atoms with Crippen molar-refractivity contribution in [3.05, 3.63) is 23.8 Å². The fraction of sp³-hybridized carbons (Fsp3) is 0.625. The summed E-state index contributed by atoms with van der Waals surface area (Å²) in [5.74, 6) is 1.49. The number of hydrogen-bond acceptors (Lipinski definition) is 4. The van der Waals surface area contributed by atoms with E-state index in [2.05, 4.69) is 0 Å². The standard InChI is InChI=1S/C16H22O4/c1-18-15-9-12(10-16(17)6-7-16)4-5-14(15)20-13-3-2-8-19-11-13/h4-5,9,13,17H,2-3,6-8,10-11H2,1H3. The Morgan fingerprint density at radius 2 is 2.20 bits per heavy atom. The number of hydrogen-bond donors (Lipinski definition) is 1. The third-order valence-corrected chi connectivity index (χ3v) is 4.00. The zero-order valence-corrected chi connectivity index (χ0v) is 11.9. The molecule has 1 saturated heterocycles. The highest BCUT2D eigenvalue weighted by molar-refractivity contribution is 5.43. The average Bonchev–Trinajstić information content (AvgIpc) is 3.19. The smallest absolute Gasteiger partial charge is 0.161 e. The first-order chi connectivity index (χ1) is 9.68. The molecule has 0 bridgehead atoms. The Labute approximate surface area is 119 Å². The lowest BCUT2D eigenvalue weighted by atomic mass is 10.1. The van der Waals surface area contributed by atoms with Gasteiger partial charge in [0, 0.05) is 13.0 Å². The molecule has 1 aromatic rings. The minimum Gasteiger partial charge on any atom is -0.493 e. The molecule has 4 nitrogen and oxygen atoms in total. The van der Waals surface area contributed by atoms with E-state index in [1.165, 1.54) is 0 Å². The number of aliphatic hydroxyl groups is 1. The molecule has 0 radical (unpaired) electrons. The molecule has 110 valence electrons. The van der Waals surface area contributed by atoms with Crippen LogP contribution in [0.2, 0.25) is 0 Å².